The summed E-state index contributed by atoms with van der Waals surface area (Å²) in [5, 5.41) is 0. The molecule has 0 aromatic heterocycles. The highest BCUT2D eigenvalue weighted by molar-refractivity contribution is 5.94. The van der Waals surface area contributed by atoms with Crippen molar-refractivity contribution < 1.29 is 19.1 Å². The number of nitrogens with zero attached hydrogens (tertiary/aromatic N) is 2. The fourth-order valence-corrected chi connectivity index (χ4v) is 3.07. The highest BCUT2D eigenvalue weighted by Crippen LogP contribution is 2.28. The number of amides is 2. The molecule has 1 saturated heterocycles. The Bertz CT molecular complexity index is 799. The molecule has 2 aromatic rings. The standard InChI is InChI=1S/C20H23N3O4/c1-26-18-5-3-2-4-17(18)22-10-12-23(13-11-22)20(25)15-6-8-16(9-7-15)27-14-19(21)24/h2-9H,10-14H2,1H3,(H2,21,24). The van der Waals surface area contributed by atoms with Gasteiger partial charge in [-0.05, 0) is 36.4 Å². The van der Waals surface area contributed by atoms with Crippen molar-refractivity contribution in [2.24, 2.45) is 5.73 Å². The van der Waals surface area contributed by atoms with Crippen LogP contribution in [0, 0.1) is 0 Å². The molecule has 1 fully saturated rings. The van der Waals surface area contributed by atoms with Crippen LogP contribution in [0.25, 0.3) is 0 Å². The largest absolute Gasteiger partial charge is 0.495 e. The number of para-hydroxylation sites is 2. The van der Waals surface area contributed by atoms with Gasteiger partial charge in [-0.25, -0.2) is 0 Å². The number of methoxy groups -OCH3 is 1. The Morgan fingerprint density at radius 3 is 2.30 bits per heavy atom. The van der Waals surface area contributed by atoms with Crippen molar-refractivity contribution in [3.8, 4) is 11.5 Å². The van der Waals surface area contributed by atoms with Gasteiger partial charge in [0.05, 0.1) is 12.8 Å². The number of primary amides is 1. The first-order valence-electron chi connectivity index (χ1n) is 8.77. The van der Waals surface area contributed by atoms with Crippen molar-refractivity contribution in [3.63, 3.8) is 0 Å². The molecule has 1 aliphatic rings. The van der Waals surface area contributed by atoms with E-state index in [1.54, 1.807) is 31.4 Å². The Morgan fingerprint density at radius 2 is 1.67 bits per heavy atom. The Morgan fingerprint density at radius 1 is 1.00 bits per heavy atom. The molecular weight excluding hydrogens is 346 g/mol. The quantitative estimate of drug-likeness (QED) is 0.835. The molecule has 3 rings (SSSR count). The molecule has 2 amide bonds. The minimum absolute atomic E-state index is 0.0175. The molecule has 142 valence electrons. The van der Waals surface area contributed by atoms with Gasteiger partial charge >= 0.3 is 0 Å². The van der Waals surface area contributed by atoms with Crippen LogP contribution in [0.4, 0.5) is 5.69 Å². The predicted molar refractivity (Wildman–Crippen MR) is 102 cm³/mol. The van der Waals surface area contributed by atoms with E-state index >= 15 is 0 Å². The second-order valence-corrected chi connectivity index (χ2v) is 6.23. The SMILES string of the molecule is COc1ccccc1N1CCN(C(=O)c2ccc(OCC(N)=O)cc2)CC1. The molecule has 0 bridgehead atoms. The van der Waals surface area contributed by atoms with Gasteiger partial charge in [0.15, 0.2) is 6.61 Å². The number of hydrogen-bond acceptors (Lipinski definition) is 5. The zero-order valence-electron chi connectivity index (χ0n) is 15.3. The number of carbonyl (C=O) groups excluding carboxylic acids is 2. The summed E-state index contributed by atoms with van der Waals surface area (Å²) in [6, 6.07) is 14.6. The van der Waals surface area contributed by atoms with E-state index in [1.165, 1.54) is 0 Å². The van der Waals surface area contributed by atoms with Gasteiger partial charge < -0.3 is 25.0 Å². The molecule has 7 nitrogen and oxygen atoms in total. The molecule has 0 atom stereocenters. The molecule has 0 spiro atoms. The van der Waals surface area contributed by atoms with Crippen LogP contribution in [0.5, 0.6) is 11.5 Å². The lowest BCUT2D eigenvalue weighted by Gasteiger charge is -2.36. The van der Waals surface area contributed by atoms with Gasteiger partial charge in [-0.15, -0.1) is 0 Å². The van der Waals surface area contributed by atoms with Crippen molar-refractivity contribution in [1.29, 1.82) is 0 Å². The fraction of sp³-hybridized carbons (Fsp3) is 0.300. The minimum Gasteiger partial charge on any atom is -0.495 e. The van der Waals surface area contributed by atoms with Crippen LogP contribution in [0.1, 0.15) is 10.4 Å². The molecule has 2 N–H and O–H groups in total. The number of hydrogen-bond donors (Lipinski definition) is 1. The van der Waals surface area contributed by atoms with E-state index < -0.39 is 5.91 Å². The van der Waals surface area contributed by atoms with Gasteiger partial charge in [0.2, 0.25) is 0 Å². The van der Waals surface area contributed by atoms with Crippen LogP contribution < -0.4 is 20.1 Å². The lowest BCUT2D eigenvalue weighted by atomic mass is 10.1. The van der Waals surface area contributed by atoms with E-state index in [2.05, 4.69) is 4.90 Å². The third kappa shape index (κ3) is 4.49. The lowest BCUT2D eigenvalue weighted by Crippen LogP contribution is -2.48. The maximum atomic E-state index is 12.7. The first-order chi connectivity index (χ1) is 13.1. The molecule has 0 saturated carbocycles. The molecular formula is C20H23N3O4. The topological polar surface area (TPSA) is 85.1 Å². The second-order valence-electron chi connectivity index (χ2n) is 6.23. The third-order valence-electron chi connectivity index (χ3n) is 4.48. The number of anilines is 1. The van der Waals surface area contributed by atoms with Gasteiger partial charge in [-0.1, -0.05) is 12.1 Å². The normalized spacial score (nSPS) is 14.0. The summed E-state index contributed by atoms with van der Waals surface area (Å²) >= 11 is 0. The molecule has 1 aliphatic heterocycles. The average Bonchev–Trinajstić information content (AvgIpc) is 2.72. The van der Waals surface area contributed by atoms with E-state index in [0.29, 0.717) is 24.4 Å². The fourth-order valence-electron chi connectivity index (χ4n) is 3.07. The lowest BCUT2D eigenvalue weighted by molar-refractivity contribution is -0.119. The summed E-state index contributed by atoms with van der Waals surface area (Å²) in [5.74, 6) is 0.786. The number of benzene rings is 2. The smallest absolute Gasteiger partial charge is 0.255 e. The molecule has 1 heterocycles. The third-order valence-corrected chi connectivity index (χ3v) is 4.48. The van der Waals surface area contributed by atoms with Crippen LogP contribution in [-0.4, -0.2) is 56.6 Å². The van der Waals surface area contributed by atoms with Crippen molar-refractivity contribution in [2.45, 2.75) is 0 Å². The van der Waals surface area contributed by atoms with E-state index in [9.17, 15) is 9.59 Å². The maximum Gasteiger partial charge on any atom is 0.255 e. The summed E-state index contributed by atoms with van der Waals surface area (Å²) in [6.45, 7) is 2.57. The molecule has 0 unspecified atom stereocenters. The molecule has 0 aliphatic carbocycles. The molecule has 27 heavy (non-hydrogen) atoms. The first-order valence-corrected chi connectivity index (χ1v) is 8.77. The van der Waals surface area contributed by atoms with E-state index in [-0.39, 0.29) is 12.5 Å². The number of ether oxygens (including phenoxy) is 2. The van der Waals surface area contributed by atoms with Gasteiger partial charge in [0, 0.05) is 31.7 Å². The van der Waals surface area contributed by atoms with Crippen LogP contribution in [0.2, 0.25) is 0 Å². The zero-order valence-corrected chi connectivity index (χ0v) is 15.3. The summed E-state index contributed by atoms with van der Waals surface area (Å²) in [6.07, 6.45) is 0. The minimum atomic E-state index is -0.539. The van der Waals surface area contributed by atoms with Crippen LogP contribution in [-0.2, 0) is 4.79 Å². The highest BCUT2D eigenvalue weighted by Gasteiger charge is 2.23. The Kier molecular flexibility index (Phi) is 5.80. The van der Waals surface area contributed by atoms with Crippen molar-refractivity contribution >= 4 is 17.5 Å². The number of rotatable bonds is 6. The molecule has 7 heteroatoms. The van der Waals surface area contributed by atoms with Gasteiger partial charge in [0.25, 0.3) is 11.8 Å². The number of nitrogens with two attached hydrogens (primary N) is 1. The predicted octanol–water partition coefficient (Wildman–Crippen LogP) is 1.52. The Labute approximate surface area is 158 Å². The summed E-state index contributed by atoms with van der Waals surface area (Å²) in [7, 11) is 1.66. The second kappa shape index (κ2) is 8.44. The van der Waals surface area contributed by atoms with Gasteiger partial charge in [-0.2, -0.15) is 0 Å². The van der Waals surface area contributed by atoms with Gasteiger partial charge in [-0.3, -0.25) is 9.59 Å². The summed E-state index contributed by atoms with van der Waals surface area (Å²) in [5.41, 5.74) is 6.69. The van der Waals surface area contributed by atoms with Gasteiger partial charge in [0.1, 0.15) is 11.5 Å². The van der Waals surface area contributed by atoms with Crippen molar-refractivity contribution in [3.05, 3.63) is 54.1 Å². The maximum absolute atomic E-state index is 12.7. The van der Waals surface area contributed by atoms with E-state index in [1.807, 2.05) is 29.2 Å². The van der Waals surface area contributed by atoms with E-state index in [0.717, 1.165) is 24.5 Å². The Balaban J connectivity index is 1.59. The van der Waals surface area contributed by atoms with Crippen molar-refractivity contribution in [1.82, 2.24) is 4.90 Å². The van der Waals surface area contributed by atoms with Crippen molar-refractivity contribution in [2.75, 3.05) is 44.8 Å². The summed E-state index contributed by atoms with van der Waals surface area (Å²) < 4.78 is 10.6. The summed E-state index contributed by atoms with van der Waals surface area (Å²) in [4.78, 5) is 27.5. The van der Waals surface area contributed by atoms with Crippen LogP contribution >= 0.6 is 0 Å². The molecule has 2 aromatic carbocycles. The average molecular weight is 369 g/mol. The first kappa shape index (κ1) is 18.6. The van der Waals surface area contributed by atoms with Crippen LogP contribution in [0.15, 0.2) is 48.5 Å². The number of carbonyl (C=O) groups is 2. The Hall–Kier alpha value is -3.22. The highest BCUT2D eigenvalue weighted by atomic mass is 16.5. The van der Waals surface area contributed by atoms with Crippen LogP contribution in [0.3, 0.4) is 0 Å². The van der Waals surface area contributed by atoms with E-state index in [4.69, 9.17) is 15.2 Å². The zero-order chi connectivity index (χ0) is 19.2. The number of piperazine rings is 1. The monoisotopic (exact) mass is 369 g/mol. The molecule has 0 radical (unpaired) electrons.